The Morgan fingerprint density at radius 1 is 1.14 bits per heavy atom. The highest BCUT2D eigenvalue weighted by atomic mass is 16.1. The van der Waals surface area contributed by atoms with Gasteiger partial charge in [-0.2, -0.15) is 5.26 Å². The van der Waals surface area contributed by atoms with Crippen LogP contribution in [-0.4, -0.2) is 18.5 Å². The van der Waals surface area contributed by atoms with Crippen LogP contribution in [0.1, 0.15) is 37.5 Å². The summed E-state index contributed by atoms with van der Waals surface area (Å²) >= 11 is 0. The molecule has 1 aliphatic rings. The smallest absolute Gasteiger partial charge is 0.266 e. The monoisotopic (exact) mass is 371 g/mol. The maximum absolute atomic E-state index is 12.5. The van der Waals surface area contributed by atoms with E-state index in [1.807, 2.05) is 55.5 Å². The number of carbonyl (C=O) groups excluding carboxylic acids is 1. The van der Waals surface area contributed by atoms with Gasteiger partial charge in [0, 0.05) is 24.0 Å². The van der Waals surface area contributed by atoms with Crippen molar-refractivity contribution in [3.8, 4) is 6.07 Å². The third-order valence-electron chi connectivity index (χ3n) is 5.23. The number of fused-ring (bicyclic) bond motifs is 1. The average Bonchev–Trinajstić information content (AvgIpc) is 2.65. The summed E-state index contributed by atoms with van der Waals surface area (Å²) in [7, 11) is 2.08. The Balaban J connectivity index is 1.89. The number of carbonyl (C=O) groups is 1. The lowest BCUT2D eigenvalue weighted by atomic mass is 9.88. The molecule has 2 aromatic carbocycles. The molecule has 0 fully saturated rings. The van der Waals surface area contributed by atoms with Crippen LogP contribution in [0.25, 0.3) is 11.6 Å². The van der Waals surface area contributed by atoms with Gasteiger partial charge in [0.1, 0.15) is 11.6 Å². The molecule has 2 aromatic rings. The van der Waals surface area contributed by atoms with Crippen molar-refractivity contribution in [1.29, 1.82) is 5.26 Å². The molecule has 142 valence electrons. The molecular weight excluding hydrogens is 346 g/mol. The van der Waals surface area contributed by atoms with Crippen LogP contribution >= 0.6 is 0 Å². The molecule has 28 heavy (non-hydrogen) atoms. The Kier molecular flexibility index (Phi) is 5.11. The lowest BCUT2D eigenvalue weighted by Gasteiger charge is -2.40. The third kappa shape index (κ3) is 3.84. The number of hydrogen-bond donors (Lipinski definition) is 1. The molecule has 0 aliphatic carbocycles. The topological polar surface area (TPSA) is 56.1 Å². The van der Waals surface area contributed by atoms with Crippen molar-refractivity contribution < 1.29 is 4.79 Å². The fraction of sp³-hybridized carbons (Fsp3) is 0.250. The van der Waals surface area contributed by atoms with Crippen LogP contribution in [-0.2, 0) is 4.79 Å². The molecule has 0 saturated carbocycles. The second-order valence-electron chi connectivity index (χ2n) is 7.81. The number of aryl methyl sites for hydroxylation is 1. The molecule has 0 spiro atoms. The van der Waals surface area contributed by atoms with Gasteiger partial charge < -0.3 is 10.2 Å². The molecule has 3 rings (SSSR count). The molecule has 0 atom stereocenters. The Morgan fingerprint density at radius 3 is 2.46 bits per heavy atom. The molecule has 1 N–H and O–H groups in total. The van der Waals surface area contributed by atoms with Gasteiger partial charge in [-0.3, -0.25) is 4.79 Å². The first-order valence-electron chi connectivity index (χ1n) is 9.29. The van der Waals surface area contributed by atoms with Crippen molar-refractivity contribution in [2.75, 3.05) is 17.3 Å². The van der Waals surface area contributed by atoms with E-state index in [0.29, 0.717) is 5.69 Å². The number of benzene rings is 2. The van der Waals surface area contributed by atoms with Crippen LogP contribution in [0.3, 0.4) is 0 Å². The largest absolute Gasteiger partial charge is 0.366 e. The van der Waals surface area contributed by atoms with Gasteiger partial charge in [-0.1, -0.05) is 29.8 Å². The molecular formula is C24H25N3O. The maximum atomic E-state index is 12.5. The van der Waals surface area contributed by atoms with Crippen LogP contribution in [0.4, 0.5) is 11.4 Å². The van der Waals surface area contributed by atoms with Gasteiger partial charge in [-0.25, -0.2) is 0 Å². The predicted octanol–water partition coefficient (Wildman–Crippen LogP) is 5.17. The lowest BCUT2D eigenvalue weighted by molar-refractivity contribution is -0.112. The zero-order chi connectivity index (χ0) is 20.5. The van der Waals surface area contributed by atoms with Gasteiger partial charge in [0.05, 0.1) is 5.54 Å². The van der Waals surface area contributed by atoms with Crippen molar-refractivity contribution in [1.82, 2.24) is 0 Å². The van der Waals surface area contributed by atoms with Gasteiger partial charge >= 0.3 is 0 Å². The highest BCUT2D eigenvalue weighted by molar-refractivity contribution is 6.09. The lowest BCUT2D eigenvalue weighted by Crippen LogP contribution is -2.42. The summed E-state index contributed by atoms with van der Waals surface area (Å²) < 4.78 is 0. The summed E-state index contributed by atoms with van der Waals surface area (Å²) in [5.74, 6) is -0.408. The van der Waals surface area contributed by atoms with E-state index in [1.165, 1.54) is 5.57 Å². The zero-order valence-corrected chi connectivity index (χ0v) is 17.0. The number of nitrogens with one attached hydrogen (secondary N) is 1. The molecule has 1 amide bonds. The van der Waals surface area contributed by atoms with E-state index in [4.69, 9.17) is 0 Å². The molecule has 4 heteroatoms. The molecule has 0 aromatic heterocycles. The molecule has 0 bridgehead atoms. The summed E-state index contributed by atoms with van der Waals surface area (Å²) in [5, 5.41) is 12.3. The van der Waals surface area contributed by atoms with Crippen LogP contribution in [0.15, 0.2) is 54.1 Å². The predicted molar refractivity (Wildman–Crippen MR) is 116 cm³/mol. The van der Waals surface area contributed by atoms with Crippen LogP contribution in [0.2, 0.25) is 0 Å². The minimum absolute atomic E-state index is 0.0554. The van der Waals surface area contributed by atoms with Crippen molar-refractivity contribution in [2.24, 2.45) is 0 Å². The van der Waals surface area contributed by atoms with E-state index in [9.17, 15) is 10.1 Å². The fourth-order valence-corrected chi connectivity index (χ4v) is 3.42. The second-order valence-corrected chi connectivity index (χ2v) is 7.81. The van der Waals surface area contributed by atoms with Crippen LogP contribution in [0.5, 0.6) is 0 Å². The van der Waals surface area contributed by atoms with E-state index in [0.717, 1.165) is 22.4 Å². The quantitative estimate of drug-likeness (QED) is 0.598. The Hall–Kier alpha value is -3.32. The Labute approximate surface area is 166 Å². The summed E-state index contributed by atoms with van der Waals surface area (Å²) in [6, 6.07) is 15.5. The molecule has 0 saturated heterocycles. The Bertz CT molecular complexity index is 1020. The molecule has 0 unspecified atom stereocenters. The van der Waals surface area contributed by atoms with Crippen molar-refractivity contribution in [3.05, 3.63) is 70.8 Å². The number of nitrogens with zero attached hydrogens (tertiary/aromatic N) is 2. The van der Waals surface area contributed by atoms with Crippen LogP contribution in [0, 0.1) is 18.3 Å². The molecule has 1 heterocycles. The van der Waals surface area contributed by atoms with E-state index in [2.05, 4.69) is 44.1 Å². The van der Waals surface area contributed by atoms with E-state index < -0.39 is 5.91 Å². The molecule has 4 nitrogen and oxygen atoms in total. The summed E-state index contributed by atoms with van der Waals surface area (Å²) in [5.41, 5.74) is 6.08. The number of rotatable bonds is 3. The number of anilines is 2. The first-order valence-corrected chi connectivity index (χ1v) is 9.29. The van der Waals surface area contributed by atoms with Gasteiger partial charge in [0.25, 0.3) is 5.91 Å². The summed E-state index contributed by atoms with van der Waals surface area (Å²) in [4.78, 5) is 14.7. The molecule has 0 radical (unpaired) electrons. The minimum Gasteiger partial charge on any atom is -0.366 e. The summed E-state index contributed by atoms with van der Waals surface area (Å²) in [6.07, 6.45) is 3.87. The fourth-order valence-electron chi connectivity index (χ4n) is 3.42. The van der Waals surface area contributed by atoms with E-state index >= 15 is 0 Å². The van der Waals surface area contributed by atoms with Gasteiger partial charge in [-0.05, 0) is 69.2 Å². The maximum Gasteiger partial charge on any atom is 0.266 e. The number of hydrogen-bond acceptors (Lipinski definition) is 3. The van der Waals surface area contributed by atoms with Crippen LogP contribution < -0.4 is 10.2 Å². The van der Waals surface area contributed by atoms with Gasteiger partial charge in [0.15, 0.2) is 0 Å². The first-order chi connectivity index (χ1) is 13.2. The van der Waals surface area contributed by atoms with Gasteiger partial charge in [0.2, 0.25) is 0 Å². The number of nitriles is 1. The van der Waals surface area contributed by atoms with Crippen molar-refractivity contribution in [2.45, 2.75) is 33.2 Å². The number of likely N-dealkylation sites (N-methyl/N-ethyl adjacent to an activating group) is 1. The third-order valence-corrected chi connectivity index (χ3v) is 5.23. The number of allylic oxidation sites excluding steroid dienone is 1. The highest BCUT2D eigenvalue weighted by Gasteiger charge is 2.28. The van der Waals surface area contributed by atoms with Crippen molar-refractivity contribution >= 4 is 28.9 Å². The standard InChI is InChI=1S/C24H25N3O/c1-16-6-9-20(10-7-16)26-23(28)19(15-25)12-18-8-11-22-21(13-18)17(2)14-24(3,4)27(22)5/h6-14H,1-5H3,(H,26,28)/b19-12+. The summed E-state index contributed by atoms with van der Waals surface area (Å²) in [6.45, 7) is 8.43. The van der Waals surface area contributed by atoms with Gasteiger partial charge in [-0.15, -0.1) is 0 Å². The second kappa shape index (κ2) is 7.36. The molecule has 1 aliphatic heterocycles. The van der Waals surface area contributed by atoms with E-state index in [-0.39, 0.29) is 11.1 Å². The van der Waals surface area contributed by atoms with E-state index in [1.54, 1.807) is 6.08 Å². The Morgan fingerprint density at radius 2 is 1.82 bits per heavy atom. The zero-order valence-electron chi connectivity index (χ0n) is 17.0. The first kappa shape index (κ1) is 19.4. The minimum atomic E-state index is -0.408. The normalized spacial score (nSPS) is 15.4. The van der Waals surface area contributed by atoms with Crippen molar-refractivity contribution in [3.63, 3.8) is 0 Å². The average molecular weight is 371 g/mol. The SMILES string of the molecule is CC1=CC(C)(C)N(C)c2ccc(/C=C(\C#N)C(=O)Nc3ccc(C)cc3)cc21. The number of amides is 1. The highest BCUT2D eigenvalue weighted by Crippen LogP contribution is 2.38.